The first-order valence-corrected chi connectivity index (χ1v) is 12.3. The van der Waals surface area contributed by atoms with Crippen LogP contribution in [0.3, 0.4) is 0 Å². The van der Waals surface area contributed by atoms with E-state index in [-0.39, 0.29) is 24.0 Å². The minimum absolute atomic E-state index is 0.00786. The summed E-state index contributed by atoms with van der Waals surface area (Å²) in [4.78, 5) is 29.8. The van der Waals surface area contributed by atoms with Gasteiger partial charge >= 0.3 is 6.03 Å². The SMILES string of the molecule is CC[C@@H]1CN(C(=O)N2CCC(C(=O)NCCc3ccc(OC)c(OC)c3)CC2)c2ccccc2O1. The molecule has 4 rings (SSSR count). The highest BCUT2D eigenvalue weighted by molar-refractivity contribution is 5.94. The summed E-state index contributed by atoms with van der Waals surface area (Å²) < 4.78 is 16.6. The third-order valence-corrected chi connectivity index (χ3v) is 6.82. The number of hydrogen-bond acceptors (Lipinski definition) is 5. The third kappa shape index (κ3) is 5.63. The molecule has 8 heteroatoms. The standard InChI is InChI=1S/C27H35N3O5/c1-4-21-18-30(22-7-5-6-8-23(22)35-21)27(32)29-15-12-20(13-16-29)26(31)28-14-11-19-9-10-24(33-2)25(17-19)34-3/h5-10,17,20-21H,4,11-16,18H2,1-3H3,(H,28,31)/t21-/m1/s1. The van der Waals surface area contributed by atoms with Gasteiger partial charge in [-0.25, -0.2) is 4.79 Å². The van der Waals surface area contributed by atoms with Crippen LogP contribution >= 0.6 is 0 Å². The molecule has 0 aliphatic carbocycles. The summed E-state index contributed by atoms with van der Waals surface area (Å²) in [6.45, 7) is 4.31. The Morgan fingerprint density at radius 2 is 1.80 bits per heavy atom. The zero-order valence-corrected chi connectivity index (χ0v) is 20.8. The zero-order chi connectivity index (χ0) is 24.8. The molecule has 0 bridgehead atoms. The number of carbonyl (C=O) groups excluding carboxylic acids is 2. The molecule has 0 saturated carbocycles. The molecular weight excluding hydrogens is 446 g/mol. The Hall–Kier alpha value is -3.42. The number of para-hydroxylation sites is 2. The molecule has 35 heavy (non-hydrogen) atoms. The maximum Gasteiger partial charge on any atom is 0.324 e. The van der Waals surface area contributed by atoms with Gasteiger partial charge in [0.05, 0.1) is 26.5 Å². The van der Waals surface area contributed by atoms with Gasteiger partial charge in [0.2, 0.25) is 5.91 Å². The number of benzene rings is 2. The van der Waals surface area contributed by atoms with E-state index in [0.29, 0.717) is 56.9 Å². The van der Waals surface area contributed by atoms with E-state index in [4.69, 9.17) is 14.2 Å². The Kier molecular flexibility index (Phi) is 8.00. The lowest BCUT2D eigenvalue weighted by molar-refractivity contribution is -0.126. The Bertz CT molecular complexity index is 1040. The number of fused-ring (bicyclic) bond motifs is 1. The lowest BCUT2D eigenvalue weighted by Gasteiger charge is -2.39. The van der Waals surface area contributed by atoms with Gasteiger partial charge in [-0.15, -0.1) is 0 Å². The molecule has 2 heterocycles. The minimum Gasteiger partial charge on any atom is -0.493 e. The predicted octanol–water partition coefficient (Wildman–Crippen LogP) is 3.87. The number of amides is 3. The van der Waals surface area contributed by atoms with Crippen LogP contribution in [0, 0.1) is 5.92 Å². The zero-order valence-electron chi connectivity index (χ0n) is 20.8. The molecule has 0 unspecified atom stereocenters. The van der Waals surface area contributed by atoms with Crippen molar-refractivity contribution >= 4 is 17.6 Å². The number of nitrogens with zero attached hydrogens (tertiary/aromatic N) is 2. The number of piperidine rings is 1. The molecule has 188 valence electrons. The van der Waals surface area contributed by atoms with Crippen molar-refractivity contribution in [3.63, 3.8) is 0 Å². The summed E-state index contributed by atoms with van der Waals surface area (Å²) in [5.41, 5.74) is 1.89. The Balaban J connectivity index is 1.27. The lowest BCUT2D eigenvalue weighted by atomic mass is 9.96. The van der Waals surface area contributed by atoms with Gasteiger partial charge in [-0.05, 0) is 55.5 Å². The van der Waals surface area contributed by atoms with Crippen LogP contribution in [0.2, 0.25) is 0 Å². The van der Waals surface area contributed by atoms with Crippen molar-refractivity contribution in [1.29, 1.82) is 0 Å². The lowest BCUT2D eigenvalue weighted by Crippen LogP contribution is -2.52. The van der Waals surface area contributed by atoms with Crippen LogP contribution in [0.5, 0.6) is 17.2 Å². The number of hydrogen-bond donors (Lipinski definition) is 1. The van der Waals surface area contributed by atoms with Gasteiger partial charge in [0.15, 0.2) is 11.5 Å². The fraction of sp³-hybridized carbons (Fsp3) is 0.481. The molecule has 2 aliphatic rings. The maximum absolute atomic E-state index is 13.4. The highest BCUT2D eigenvalue weighted by atomic mass is 16.5. The second-order valence-electron chi connectivity index (χ2n) is 9.00. The number of rotatable bonds is 7. The molecule has 2 aromatic rings. The Morgan fingerprint density at radius 3 is 2.51 bits per heavy atom. The number of anilines is 1. The van der Waals surface area contributed by atoms with Gasteiger partial charge in [-0.2, -0.15) is 0 Å². The second-order valence-corrected chi connectivity index (χ2v) is 9.00. The van der Waals surface area contributed by atoms with Crippen molar-refractivity contribution in [3.05, 3.63) is 48.0 Å². The van der Waals surface area contributed by atoms with Crippen molar-refractivity contribution < 1.29 is 23.8 Å². The van der Waals surface area contributed by atoms with Crippen LogP contribution in [0.25, 0.3) is 0 Å². The Labute approximate surface area is 207 Å². The smallest absolute Gasteiger partial charge is 0.324 e. The van der Waals surface area contributed by atoms with Gasteiger partial charge in [0.25, 0.3) is 0 Å². The van der Waals surface area contributed by atoms with Crippen molar-refractivity contribution in [1.82, 2.24) is 10.2 Å². The molecule has 0 radical (unpaired) electrons. The fourth-order valence-electron chi connectivity index (χ4n) is 4.71. The predicted molar refractivity (Wildman–Crippen MR) is 134 cm³/mol. The number of urea groups is 1. The van der Waals surface area contributed by atoms with E-state index in [9.17, 15) is 9.59 Å². The first kappa shape index (κ1) is 24.7. The largest absolute Gasteiger partial charge is 0.493 e. The Morgan fingerprint density at radius 1 is 1.06 bits per heavy atom. The van der Waals surface area contributed by atoms with Crippen molar-refractivity contribution in [2.45, 2.75) is 38.7 Å². The molecule has 1 saturated heterocycles. The van der Waals surface area contributed by atoms with Crippen LogP contribution in [0.4, 0.5) is 10.5 Å². The van der Waals surface area contributed by atoms with Crippen molar-refractivity contribution in [2.24, 2.45) is 5.92 Å². The summed E-state index contributed by atoms with van der Waals surface area (Å²) in [7, 11) is 3.22. The van der Waals surface area contributed by atoms with E-state index in [1.165, 1.54) is 0 Å². The van der Waals surface area contributed by atoms with Crippen LogP contribution < -0.4 is 24.4 Å². The average molecular weight is 482 g/mol. The van der Waals surface area contributed by atoms with Gasteiger partial charge in [0, 0.05) is 25.6 Å². The quantitative estimate of drug-likeness (QED) is 0.649. The number of methoxy groups -OCH3 is 2. The van der Waals surface area contributed by atoms with E-state index >= 15 is 0 Å². The van der Waals surface area contributed by atoms with Gasteiger partial charge < -0.3 is 24.4 Å². The van der Waals surface area contributed by atoms with Crippen LogP contribution in [-0.2, 0) is 11.2 Å². The highest BCUT2D eigenvalue weighted by Crippen LogP contribution is 2.35. The molecule has 1 N–H and O–H groups in total. The summed E-state index contributed by atoms with van der Waals surface area (Å²) in [5.74, 6) is 2.10. The van der Waals surface area contributed by atoms with Gasteiger partial charge in [-0.1, -0.05) is 25.1 Å². The minimum atomic E-state index is -0.0789. The summed E-state index contributed by atoms with van der Waals surface area (Å²) in [5, 5.41) is 3.06. The first-order valence-electron chi connectivity index (χ1n) is 12.3. The van der Waals surface area contributed by atoms with Crippen LogP contribution in [-0.4, -0.2) is 63.3 Å². The highest BCUT2D eigenvalue weighted by Gasteiger charge is 2.34. The van der Waals surface area contributed by atoms with Crippen molar-refractivity contribution in [2.75, 3.05) is 45.3 Å². The molecule has 0 spiro atoms. The number of likely N-dealkylation sites (tertiary alicyclic amines) is 1. The molecule has 1 atom stereocenters. The van der Waals surface area contributed by atoms with E-state index < -0.39 is 0 Å². The summed E-state index contributed by atoms with van der Waals surface area (Å²) >= 11 is 0. The molecule has 0 aromatic heterocycles. The topological polar surface area (TPSA) is 80.3 Å². The average Bonchev–Trinajstić information content (AvgIpc) is 2.91. The number of carbonyl (C=O) groups is 2. The normalized spacial score (nSPS) is 17.9. The summed E-state index contributed by atoms with van der Waals surface area (Å²) in [6.07, 6.45) is 2.86. The molecule has 3 amide bonds. The number of nitrogens with one attached hydrogen (secondary N) is 1. The van der Waals surface area contributed by atoms with E-state index in [1.807, 2.05) is 52.3 Å². The van der Waals surface area contributed by atoms with Crippen LogP contribution in [0.15, 0.2) is 42.5 Å². The van der Waals surface area contributed by atoms with Crippen LogP contribution in [0.1, 0.15) is 31.7 Å². The monoisotopic (exact) mass is 481 g/mol. The fourth-order valence-corrected chi connectivity index (χ4v) is 4.71. The maximum atomic E-state index is 13.4. The molecular formula is C27H35N3O5. The summed E-state index contributed by atoms with van der Waals surface area (Å²) in [6, 6.07) is 13.5. The molecule has 1 fully saturated rings. The first-order chi connectivity index (χ1) is 17.0. The van der Waals surface area contributed by atoms with E-state index in [0.717, 1.165) is 23.4 Å². The molecule has 2 aromatic carbocycles. The van der Waals surface area contributed by atoms with E-state index in [1.54, 1.807) is 14.2 Å². The van der Waals surface area contributed by atoms with Gasteiger partial charge in [-0.3, -0.25) is 9.69 Å². The second kappa shape index (κ2) is 11.3. The van der Waals surface area contributed by atoms with Gasteiger partial charge in [0.1, 0.15) is 11.9 Å². The number of ether oxygens (including phenoxy) is 3. The van der Waals surface area contributed by atoms with E-state index in [2.05, 4.69) is 12.2 Å². The third-order valence-electron chi connectivity index (χ3n) is 6.82. The molecule has 8 nitrogen and oxygen atoms in total. The van der Waals surface area contributed by atoms with Crippen molar-refractivity contribution in [3.8, 4) is 17.2 Å². The molecule has 2 aliphatic heterocycles.